The molecule has 0 aromatic heterocycles. The Kier molecular flexibility index (Phi) is 4.39. The molecule has 0 radical (unpaired) electrons. The van der Waals surface area contributed by atoms with Gasteiger partial charge in [-0.05, 0) is 50.0 Å². The van der Waals surface area contributed by atoms with Gasteiger partial charge in [0, 0.05) is 28.8 Å². The summed E-state index contributed by atoms with van der Waals surface area (Å²) in [4.78, 5) is 4.57. The van der Waals surface area contributed by atoms with Gasteiger partial charge in [-0.3, -0.25) is 4.99 Å². The van der Waals surface area contributed by atoms with E-state index in [1.807, 2.05) is 25.1 Å². The van der Waals surface area contributed by atoms with Gasteiger partial charge in [0.15, 0.2) is 0 Å². The third-order valence-corrected chi connectivity index (χ3v) is 3.74. The van der Waals surface area contributed by atoms with E-state index < -0.39 is 0 Å². The summed E-state index contributed by atoms with van der Waals surface area (Å²) in [7, 11) is 0. The van der Waals surface area contributed by atoms with E-state index in [2.05, 4.69) is 24.1 Å². The number of nitrogens with zero attached hydrogens (tertiary/aromatic N) is 2. The monoisotopic (exact) mass is 272 g/mol. The molecule has 3 heteroatoms. The molecule has 2 nitrogen and oxygen atoms in total. The lowest BCUT2D eigenvalue weighted by Gasteiger charge is -2.26. The summed E-state index contributed by atoms with van der Waals surface area (Å²) in [5.74, 6) is 0.310. The Balaban J connectivity index is 2.38. The van der Waals surface area contributed by atoms with Crippen LogP contribution in [-0.4, -0.2) is 5.71 Å². The van der Waals surface area contributed by atoms with Crippen molar-refractivity contribution in [2.45, 2.75) is 39.0 Å². The number of hydrogen-bond donors (Lipinski definition) is 0. The number of allylic oxidation sites excluding steroid dienone is 2. The smallest absolute Gasteiger partial charge is 0.0625 e. The normalized spacial score (nSPS) is 19.1. The quantitative estimate of drug-likeness (QED) is 0.773. The van der Waals surface area contributed by atoms with Gasteiger partial charge in [-0.25, -0.2) is 0 Å². The van der Waals surface area contributed by atoms with Crippen LogP contribution in [0.3, 0.4) is 0 Å². The maximum Gasteiger partial charge on any atom is 0.0625 e. The maximum absolute atomic E-state index is 8.81. The van der Waals surface area contributed by atoms with Crippen molar-refractivity contribution in [2.24, 2.45) is 4.99 Å². The molecule has 0 amide bonds. The number of halogens is 1. The molecule has 0 N–H and O–H groups in total. The van der Waals surface area contributed by atoms with E-state index in [0.717, 1.165) is 29.3 Å². The first-order chi connectivity index (χ1) is 9.11. The molecule has 0 bridgehead atoms. The zero-order chi connectivity index (χ0) is 13.8. The topological polar surface area (TPSA) is 36.1 Å². The Morgan fingerprint density at radius 1 is 1.42 bits per heavy atom. The van der Waals surface area contributed by atoms with Crippen molar-refractivity contribution < 1.29 is 0 Å². The highest BCUT2D eigenvalue weighted by molar-refractivity contribution is 6.30. The molecule has 1 unspecified atom stereocenters. The van der Waals surface area contributed by atoms with Crippen LogP contribution in [0.15, 0.2) is 40.5 Å². The maximum atomic E-state index is 8.81. The Morgan fingerprint density at radius 3 is 2.89 bits per heavy atom. The zero-order valence-corrected chi connectivity index (χ0v) is 12.0. The molecule has 1 aliphatic rings. The third kappa shape index (κ3) is 3.24. The van der Waals surface area contributed by atoms with Crippen LogP contribution in [0.25, 0.3) is 0 Å². The predicted octanol–water partition coefficient (Wildman–Crippen LogP) is 4.87. The molecule has 2 rings (SSSR count). The van der Waals surface area contributed by atoms with E-state index in [0.29, 0.717) is 12.3 Å². The van der Waals surface area contributed by atoms with Crippen molar-refractivity contribution in [1.29, 1.82) is 5.26 Å². The fourth-order valence-corrected chi connectivity index (χ4v) is 2.86. The minimum absolute atomic E-state index is 0.310. The van der Waals surface area contributed by atoms with E-state index in [9.17, 15) is 0 Å². The van der Waals surface area contributed by atoms with Crippen LogP contribution in [0.2, 0.25) is 5.02 Å². The van der Waals surface area contributed by atoms with Crippen LogP contribution in [0.1, 0.15) is 44.6 Å². The predicted molar refractivity (Wildman–Crippen MR) is 79.5 cm³/mol. The van der Waals surface area contributed by atoms with E-state index in [4.69, 9.17) is 16.9 Å². The van der Waals surface area contributed by atoms with Crippen molar-refractivity contribution in [3.05, 3.63) is 46.1 Å². The Labute approximate surface area is 119 Å². The molecule has 1 atom stereocenters. The summed E-state index contributed by atoms with van der Waals surface area (Å²) in [5.41, 5.74) is 4.69. The lowest BCUT2D eigenvalue weighted by molar-refractivity contribution is 0.736. The van der Waals surface area contributed by atoms with Crippen LogP contribution < -0.4 is 0 Å². The standard InChI is InChI=1S/C16H17ClN2/c1-11-9-16(13-5-3-6-14(17)10-13)15(7-4-8-18)12(2)19-11/h3,5-6,10,16H,4,7,9H2,1-2H3. The van der Waals surface area contributed by atoms with Gasteiger partial charge in [0.2, 0.25) is 0 Å². The summed E-state index contributed by atoms with van der Waals surface area (Å²) >= 11 is 6.09. The molecular formula is C16H17ClN2. The number of benzene rings is 1. The summed E-state index contributed by atoms with van der Waals surface area (Å²) < 4.78 is 0. The molecule has 0 aliphatic carbocycles. The molecule has 1 aliphatic heterocycles. The molecule has 0 saturated heterocycles. The number of nitriles is 1. The van der Waals surface area contributed by atoms with Crippen LogP contribution >= 0.6 is 11.6 Å². The molecule has 1 aromatic rings. The number of rotatable bonds is 3. The molecule has 0 saturated carbocycles. The highest BCUT2D eigenvalue weighted by atomic mass is 35.5. The molecule has 1 heterocycles. The Hall–Kier alpha value is -1.59. The SMILES string of the molecule is CC1=NC(C)=C(CCC#N)C(c2cccc(Cl)c2)C1. The lowest BCUT2D eigenvalue weighted by Crippen LogP contribution is -2.14. The first-order valence-electron chi connectivity index (χ1n) is 6.48. The average Bonchev–Trinajstić information content (AvgIpc) is 2.37. The first-order valence-corrected chi connectivity index (χ1v) is 6.86. The first kappa shape index (κ1) is 13.8. The molecule has 0 fully saturated rings. The highest BCUT2D eigenvalue weighted by Crippen LogP contribution is 2.37. The van der Waals surface area contributed by atoms with Gasteiger partial charge in [-0.2, -0.15) is 5.26 Å². The second kappa shape index (κ2) is 6.04. The Bertz CT molecular complexity index is 579. The lowest BCUT2D eigenvalue weighted by atomic mass is 9.82. The van der Waals surface area contributed by atoms with Crippen molar-refractivity contribution in [3.8, 4) is 6.07 Å². The van der Waals surface area contributed by atoms with Crippen molar-refractivity contribution in [1.82, 2.24) is 0 Å². The largest absolute Gasteiger partial charge is 0.263 e. The summed E-state index contributed by atoms with van der Waals surface area (Å²) in [5, 5.41) is 9.57. The van der Waals surface area contributed by atoms with E-state index in [1.165, 1.54) is 11.1 Å². The van der Waals surface area contributed by atoms with Crippen LogP contribution in [0.5, 0.6) is 0 Å². The van der Waals surface area contributed by atoms with Crippen molar-refractivity contribution in [2.75, 3.05) is 0 Å². The number of hydrogen-bond acceptors (Lipinski definition) is 2. The Morgan fingerprint density at radius 2 is 2.21 bits per heavy atom. The van der Waals surface area contributed by atoms with Gasteiger partial charge in [0.1, 0.15) is 0 Å². The fourth-order valence-electron chi connectivity index (χ4n) is 2.66. The van der Waals surface area contributed by atoms with Crippen LogP contribution in [-0.2, 0) is 0 Å². The third-order valence-electron chi connectivity index (χ3n) is 3.50. The summed E-state index contributed by atoms with van der Waals surface area (Å²) in [6.07, 6.45) is 2.24. The van der Waals surface area contributed by atoms with Crippen molar-refractivity contribution in [3.63, 3.8) is 0 Å². The second-order valence-electron chi connectivity index (χ2n) is 4.93. The van der Waals surface area contributed by atoms with Gasteiger partial charge in [-0.1, -0.05) is 23.7 Å². The fraction of sp³-hybridized carbons (Fsp3) is 0.375. The van der Waals surface area contributed by atoms with E-state index in [-0.39, 0.29) is 0 Å². The molecular weight excluding hydrogens is 256 g/mol. The number of aliphatic imine (C=N–C) groups is 1. The second-order valence-corrected chi connectivity index (χ2v) is 5.36. The average molecular weight is 273 g/mol. The van der Waals surface area contributed by atoms with Gasteiger partial charge < -0.3 is 0 Å². The molecule has 19 heavy (non-hydrogen) atoms. The zero-order valence-electron chi connectivity index (χ0n) is 11.3. The highest BCUT2D eigenvalue weighted by Gasteiger charge is 2.23. The van der Waals surface area contributed by atoms with Crippen molar-refractivity contribution >= 4 is 17.3 Å². The van der Waals surface area contributed by atoms with Gasteiger partial charge in [-0.15, -0.1) is 0 Å². The summed E-state index contributed by atoms with van der Waals surface area (Å²) in [6, 6.07) is 10.2. The summed E-state index contributed by atoms with van der Waals surface area (Å²) in [6.45, 7) is 4.09. The van der Waals surface area contributed by atoms with E-state index in [1.54, 1.807) is 0 Å². The van der Waals surface area contributed by atoms with Crippen LogP contribution in [0.4, 0.5) is 0 Å². The van der Waals surface area contributed by atoms with Gasteiger partial charge >= 0.3 is 0 Å². The minimum atomic E-state index is 0.310. The molecule has 98 valence electrons. The van der Waals surface area contributed by atoms with Crippen LogP contribution in [0, 0.1) is 11.3 Å². The molecule has 1 aromatic carbocycles. The van der Waals surface area contributed by atoms with Gasteiger partial charge in [0.05, 0.1) is 6.07 Å². The minimum Gasteiger partial charge on any atom is -0.263 e. The molecule has 0 spiro atoms. The van der Waals surface area contributed by atoms with Gasteiger partial charge in [0.25, 0.3) is 0 Å². The van der Waals surface area contributed by atoms with E-state index >= 15 is 0 Å².